The zero-order chi connectivity index (χ0) is 12.0. The number of methoxy groups -OCH3 is 2. The summed E-state index contributed by atoms with van der Waals surface area (Å²) < 4.78 is 9.61. The summed E-state index contributed by atoms with van der Waals surface area (Å²) in [4.78, 5) is 21.4. The second kappa shape index (κ2) is 5.56. The highest BCUT2D eigenvalue weighted by atomic mass is 16.5. The van der Waals surface area contributed by atoms with Crippen LogP contribution in [0.5, 0.6) is 5.75 Å². The number of hydrogen-bond acceptors (Lipinski definition) is 4. The quantitative estimate of drug-likeness (QED) is 0.422. The van der Waals surface area contributed by atoms with Crippen LogP contribution in [0.1, 0.15) is 15.9 Å². The van der Waals surface area contributed by atoms with E-state index < -0.39 is 5.97 Å². The van der Waals surface area contributed by atoms with Crippen LogP contribution in [-0.4, -0.2) is 26.5 Å². The topological polar surface area (TPSA) is 52.6 Å². The lowest BCUT2D eigenvalue weighted by atomic mass is 10.1. The normalized spacial score (nSPS) is 8.62. The Morgan fingerprint density at radius 1 is 1.38 bits per heavy atom. The molecule has 0 unspecified atom stereocenters. The summed E-state index contributed by atoms with van der Waals surface area (Å²) >= 11 is 0. The van der Waals surface area contributed by atoms with E-state index in [9.17, 15) is 9.59 Å². The van der Waals surface area contributed by atoms with Crippen LogP contribution in [0.3, 0.4) is 0 Å². The second-order valence-corrected chi connectivity index (χ2v) is 2.79. The minimum Gasteiger partial charge on any atom is -0.495 e. The Hall–Kier alpha value is -2.28. The molecule has 0 amide bonds. The number of ether oxygens (including phenoxy) is 2. The van der Waals surface area contributed by atoms with Crippen LogP contribution in [0.25, 0.3) is 0 Å². The van der Waals surface area contributed by atoms with Crippen molar-refractivity contribution in [1.82, 2.24) is 0 Å². The molecule has 0 aromatic heterocycles. The maximum Gasteiger partial charge on any atom is 0.337 e. The fraction of sp³-hybridized carbons (Fsp3) is 0.167. The van der Waals surface area contributed by atoms with E-state index in [1.807, 2.05) is 0 Å². The largest absolute Gasteiger partial charge is 0.495 e. The molecule has 0 radical (unpaired) electrons. The standard InChI is InChI=1S/C12H10O4/c1-15-11-6-5-10(12(14)16-2)8-9(11)4-3-7-13/h5-8H,1-2H3. The minimum absolute atomic E-state index is 0.360. The summed E-state index contributed by atoms with van der Waals surface area (Å²) in [5, 5.41) is 0. The van der Waals surface area contributed by atoms with E-state index in [0.29, 0.717) is 23.2 Å². The number of carbonyl (C=O) groups excluding carboxylic acids is 2. The predicted octanol–water partition coefficient (Wildman–Crippen LogP) is 1.03. The summed E-state index contributed by atoms with van der Waals surface area (Å²) in [6.07, 6.45) is 0.476. The van der Waals surface area contributed by atoms with E-state index in [1.165, 1.54) is 20.3 Å². The molecular weight excluding hydrogens is 208 g/mol. The van der Waals surface area contributed by atoms with Gasteiger partial charge in [-0.1, -0.05) is 5.92 Å². The first-order valence-corrected chi connectivity index (χ1v) is 4.44. The van der Waals surface area contributed by atoms with Gasteiger partial charge in [0.15, 0.2) is 6.29 Å². The van der Waals surface area contributed by atoms with Crippen molar-refractivity contribution in [3.05, 3.63) is 29.3 Å². The van der Waals surface area contributed by atoms with Gasteiger partial charge in [0.25, 0.3) is 0 Å². The molecule has 4 heteroatoms. The van der Waals surface area contributed by atoms with Gasteiger partial charge in [0.05, 0.1) is 25.3 Å². The average Bonchev–Trinajstić information content (AvgIpc) is 2.34. The Morgan fingerprint density at radius 3 is 2.69 bits per heavy atom. The number of benzene rings is 1. The summed E-state index contributed by atoms with van der Waals surface area (Å²) in [7, 11) is 2.78. The van der Waals surface area contributed by atoms with Gasteiger partial charge in [-0.15, -0.1) is 0 Å². The molecule has 82 valence electrons. The van der Waals surface area contributed by atoms with Gasteiger partial charge < -0.3 is 9.47 Å². The van der Waals surface area contributed by atoms with Gasteiger partial charge >= 0.3 is 5.97 Å². The molecule has 0 spiro atoms. The van der Waals surface area contributed by atoms with Crippen LogP contribution in [0.15, 0.2) is 18.2 Å². The fourth-order valence-corrected chi connectivity index (χ4v) is 1.16. The van der Waals surface area contributed by atoms with Crippen molar-refractivity contribution in [3.8, 4) is 17.6 Å². The molecule has 1 rings (SSSR count). The van der Waals surface area contributed by atoms with E-state index in [1.54, 1.807) is 12.1 Å². The third-order valence-electron chi connectivity index (χ3n) is 1.89. The monoisotopic (exact) mass is 218 g/mol. The first kappa shape index (κ1) is 11.8. The molecule has 4 nitrogen and oxygen atoms in total. The number of rotatable bonds is 2. The first-order chi connectivity index (χ1) is 7.72. The fourth-order valence-electron chi connectivity index (χ4n) is 1.16. The van der Waals surface area contributed by atoms with Crippen LogP contribution in [0.4, 0.5) is 0 Å². The number of esters is 1. The lowest BCUT2D eigenvalue weighted by molar-refractivity contribution is -0.103. The molecule has 0 bridgehead atoms. The van der Waals surface area contributed by atoms with E-state index in [0.717, 1.165) is 0 Å². The van der Waals surface area contributed by atoms with E-state index >= 15 is 0 Å². The van der Waals surface area contributed by atoms with E-state index in [2.05, 4.69) is 16.6 Å². The molecule has 1 aromatic carbocycles. The third kappa shape index (κ3) is 2.61. The summed E-state index contributed by atoms with van der Waals surface area (Å²) in [6, 6.07) is 4.68. The van der Waals surface area contributed by atoms with Crippen molar-refractivity contribution in [1.29, 1.82) is 0 Å². The van der Waals surface area contributed by atoms with Crippen LogP contribution in [-0.2, 0) is 9.53 Å². The van der Waals surface area contributed by atoms with Crippen molar-refractivity contribution >= 4 is 12.3 Å². The molecule has 0 heterocycles. The zero-order valence-corrected chi connectivity index (χ0v) is 8.94. The van der Waals surface area contributed by atoms with Crippen molar-refractivity contribution in [2.75, 3.05) is 14.2 Å². The maximum atomic E-state index is 11.3. The Balaban J connectivity index is 3.20. The summed E-state index contributed by atoms with van der Waals surface area (Å²) in [5.74, 6) is 4.88. The van der Waals surface area contributed by atoms with Crippen LogP contribution in [0.2, 0.25) is 0 Å². The molecule has 0 saturated heterocycles. The minimum atomic E-state index is -0.461. The number of aldehydes is 1. The van der Waals surface area contributed by atoms with Gasteiger partial charge in [-0.3, -0.25) is 4.79 Å². The molecule has 1 aromatic rings. The molecule has 16 heavy (non-hydrogen) atoms. The van der Waals surface area contributed by atoms with E-state index in [4.69, 9.17) is 4.74 Å². The molecule has 0 saturated carbocycles. The van der Waals surface area contributed by atoms with Crippen molar-refractivity contribution < 1.29 is 19.1 Å². The SMILES string of the molecule is COC(=O)c1ccc(OC)c(C#CC=O)c1. The number of carbonyl (C=O) groups is 2. The smallest absolute Gasteiger partial charge is 0.337 e. The Morgan fingerprint density at radius 2 is 2.12 bits per heavy atom. The lowest BCUT2D eigenvalue weighted by Crippen LogP contribution is -2.02. The summed E-state index contributed by atoms with van der Waals surface area (Å²) in [6.45, 7) is 0. The highest BCUT2D eigenvalue weighted by Crippen LogP contribution is 2.19. The van der Waals surface area contributed by atoms with Gasteiger partial charge in [-0.2, -0.15) is 0 Å². The number of hydrogen-bond donors (Lipinski definition) is 0. The van der Waals surface area contributed by atoms with E-state index in [-0.39, 0.29) is 0 Å². The van der Waals surface area contributed by atoms with Crippen LogP contribution >= 0.6 is 0 Å². The first-order valence-electron chi connectivity index (χ1n) is 4.44. The Labute approximate surface area is 93.2 Å². The molecule has 0 atom stereocenters. The second-order valence-electron chi connectivity index (χ2n) is 2.79. The molecule has 0 aliphatic heterocycles. The molecule has 0 fully saturated rings. The van der Waals surface area contributed by atoms with Gasteiger partial charge in [0, 0.05) is 0 Å². The van der Waals surface area contributed by atoms with Crippen molar-refractivity contribution in [2.45, 2.75) is 0 Å². The van der Waals surface area contributed by atoms with Gasteiger partial charge in [0.2, 0.25) is 0 Å². The van der Waals surface area contributed by atoms with Gasteiger partial charge in [-0.25, -0.2) is 4.79 Å². The zero-order valence-electron chi connectivity index (χ0n) is 8.94. The van der Waals surface area contributed by atoms with Crippen molar-refractivity contribution in [2.24, 2.45) is 0 Å². The highest BCUT2D eigenvalue weighted by molar-refractivity contribution is 5.90. The highest BCUT2D eigenvalue weighted by Gasteiger charge is 2.08. The maximum absolute atomic E-state index is 11.3. The molecule has 0 aliphatic carbocycles. The Bertz CT molecular complexity index is 466. The van der Waals surface area contributed by atoms with Crippen molar-refractivity contribution in [3.63, 3.8) is 0 Å². The predicted molar refractivity (Wildman–Crippen MR) is 57.3 cm³/mol. The van der Waals surface area contributed by atoms with Gasteiger partial charge in [-0.05, 0) is 24.1 Å². The van der Waals surface area contributed by atoms with Crippen LogP contribution in [0, 0.1) is 11.8 Å². The third-order valence-corrected chi connectivity index (χ3v) is 1.89. The summed E-state index contributed by atoms with van der Waals surface area (Å²) in [5.41, 5.74) is 0.830. The lowest BCUT2D eigenvalue weighted by Gasteiger charge is -2.05. The Kier molecular flexibility index (Phi) is 4.10. The molecule has 0 aliphatic rings. The molecular formula is C12H10O4. The van der Waals surface area contributed by atoms with Crippen LogP contribution < -0.4 is 4.74 Å². The van der Waals surface area contributed by atoms with Gasteiger partial charge in [0.1, 0.15) is 5.75 Å². The molecule has 0 N–H and O–H groups in total. The average molecular weight is 218 g/mol.